The molecule has 0 atom stereocenters. The second-order valence-corrected chi connectivity index (χ2v) is 5.22. The van der Waals surface area contributed by atoms with Crippen LogP contribution in [-0.4, -0.2) is 0 Å². The minimum atomic E-state index is 0.817. The Morgan fingerprint density at radius 2 is 1.62 bits per heavy atom. The highest BCUT2D eigenvalue weighted by molar-refractivity contribution is 5.66. The van der Waals surface area contributed by atoms with Gasteiger partial charge in [0.15, 0.2) is 5.75 Å². The van der Waals surface area contributed by atoms with Crippen LogP contribution in [-0.2, 0) is 0 Å². The van der Waals surface area contributed by atoms with Crippen molar-refractivity contribution in [3.63, 3.8) is 0 Å². The summed E-state index contributed by atoms with van der Waals surface area (Å²) >= 11 is 0. The number of para-hydroxylation sites is 3. The van der Waals surface area contributed by atoms with Crippen LogP contribution in [0.1, 0.15) is 27.2 Å². The van der Waals surface area contributed by atoms with Crippen molar-refractivity contribution >= 4 is 11.4 Å². The van der Waals surface area contributed by atoms with Crippen LogP contribution in [0.4, 0.5) is 11.4 Å². The van der Waals surface area contributed by atoms with Gasteiger partial charge in [0.1, 0.15) is 5.76 Å². The molecule has 0 spiro atoms. The van der Waals surface area contributed by atoms with Crippen molar-refractivity contribution in [2.45, 2.75) is 27.2 Å². The van der Waals surface area contributed by atoms with Gasteiger partial charge in [-0.25, -0.2) is 0 Å². The molecule has 2 aromatic rings. The maximum Gasteiger partial charge on any atom is 0.150 e. The zero-order valence-electron chi connectivity index (χ0n) is 14.6. The van der Waals surface area contributed by atoms with Crippen molar-refractivity contribution in [1.29, 1.82) is 0 Å². The lowest BCUT2D eigenvalue weighted by atomic mass is 10.2. The van der Waals surface area contributed by atoms with Gasteiger partial charge in [-0.3, -0.25) is 0 Å². The maximum atomic E-state index is 6.08. The van der Waals surface area contributed by atoms with E-state index in [0.29, 0.717) is 0 Å². The van der Waals surface area contributed by atoms with Crippen LogP contribution in [0.3, 0.4) is 0 Å². The molecule has 0 aliphatic heterocycles. The molecule has 3 rings (SSSR count). The zero-order chi connectivity index (χ0) is 17.2. The van der Waals surface area contributed by atoms with Gasteiger partial charge in [0.2, 0.25) is 0 Å². The van der Waals surface area contributed by atoms with Gasteiger partial charge in [-0.15, -0.1) is 0 Å². The average Bonchev–Trinajstić information content (AvgIpc) is 2.83. The first kappa shape index (κ1) is 17.6. The highest BCUT2D eigenvalue weighted by Crippen LogP contribution is 2.29. The highest BCUT2D eigenvalue weighted by atomic mass is 16.5. The molecule has 2 nitrogen and oxygen atoms in total. The monoisotopic (exact) mass is 319 g/mol. The number of anilines is 2. The third-order valence-electron chi connectivity index (χ3n) is 3.40. The van der Waals surface area contributed by atoms with Crippen molar-refractivity contribution in [1.82, 2.24) is 0 Å². The fourth-order valence-corrected chi connectivity index (χ4v) is 2.30. The Hall–Kier alpha value is -2.74. The number of ether oxygens (including phenoxy) is 1. The van der Waals surface area contributed by atoms with E-state index in [0.717, 1.165) is 29.3 Å². The van der Waals surface area contributed by atoms with Crippen molar-refractivity contribution < 1.29 is 4.74 Å². The van der Waals surface area contributed by atoms with E-state index in [1.165, 1.54) is 5.57 Å². The zero-order valence-corrected chi connectivity index (χ0v) is 14.6. The quantitative estimate of drug-likeness (QED) is 0.683. The van der Waals surface area contributed by atoms with Crippen molar-refractivity contribution in [3.8, 4) is 5.75 Å². The van der Waals surface area contributed by atoms with E-state index in [2.05, 4.69) is 30.5 Å². The van der Waals surface area contributed by atoms with Crippen LogP contribution in [0.5, 0.6) is 5.75 Å². The molecule has 124 valence electrons. The van der Waals surface area contributed by atoms with Gasteiger partial charge in [-0.2, -0.15) is 0 Å². The Labute approximate surface area is 145 Å². The summed E-state index contributed by atoms with van der Waals surface area (Å²) in [5.41, 5.74) is 3.21. The van der Waals surface area contributed by atoms with Gasteiger partial charge in [0, 0.05) is 5.69 Å². The number of allylic oxidation sites excluding steroid dienone is 5. The van der Waals surface area contributed by atoms with E-state index >= 15 is 0 Å². The average molecular weight is 319 g/mol. The predicted molar refractivity (Wildman–Crippen MR) is 104 cm³/mol. The predicted octanol–water partition coefficient (Wildman–Crippen LogP) is 6.63. The van der Waals surface area contributed by atoms with E-state index in [-0.39, 0.29) is 0 Å². The Bertz CT molecular complexity index is 727. The lowest BCUT2D eigenvalue weighted by Gasteiger charge is -2.13. The molecule has 1 aliphatic rings. The van der Waals surface area contributed by atoms with Crippen LogP contribution in [0.25, 0.3) is 0 Å². The first-order chi connectivity index (χ1) is 11.8. The van der Waals surface area contributed by atoms with Crippen molar-refractivity contribution in [2.75, 3.05) is 5.32 Å². The van der Waals surface area contributed by atoms with Crippen molar-refractivity contribution in [2.24, 2.45) is 0 Å². The van der Waals surface area contributed by atoms with Gasteiger partial charge in [-0.05, 0) is 49.8 Å². The molecule has 2 aromatic carbocycles. The van der Waals surface area contributed by atoms with Crippen LogP contribution >= 0.6 is 0 Å². The molecule has 1 aliphatic carbocycles. The first-order valence-electron chi connectivity index (χ1n) is 8.45. The molecule has 24 heavy (non-hydrogen) atoms. The van der Waals surface area contributed by atoms with Crippen LogP contribution in [0.2, 0.25) is 0 Å². The van der Waals surface area contributed by atoms with Crippen LogP contribution in [0.15, 0.2) is 90.2 Å². The van der Waals surface area contributed by atoms with Gasteiger partial charge >= 0.3 is 0 Å². The topological polar surface area (TPSA) is 21.3 Å². The number of rotatable bonds is 4. The van der Waals surface area contributed by atoms with Gasteiger partial charge in [-0.1, -0.05) is 61.9 Å². The Morgan fingerprint density at radius 1 is 0.917 bits per heavy atom. The molecule has 0 saturated heterocycles. The summed E-state index contributed by atoms with van der Waals surface area (Å²) in [6.07, 6.45) is 9.31. The maximum absolute atomic E-state index is 6.08. The van der Waals surface area contributed by atoms with E-state index in [9.17, 15) is 0 Å². The Kier molecular flexibility index (Phi) is 6.91. The lowest BCUT2D eigenvalue weighted by molar-refractivity contribution is 0.446. The van der Waals surface area contributed by atoms with Gasteiger partial charge in [0.25, 0.3) is 0 Å². The number of nitrogens with one attached hydrogen (secondary N) is 1. The van der Waals surface area contributed by atoms with Gasteiger partial charge < -0.3 is 10.1 Å². The summed E-state index contributed by atoms with van der Waals surface area (Å²) in [5, 5.41) is 3.40. The van der Waals surface area contributed by atoms with E-state index in [1.807, 2.05) is 74.5 Å². The smallest absolute Gasteiger partial charge is 0.150 e. The molecule has 2 heteroatoms. The number of benzene rings is 2. The fraction of sp³-hybridized carbons (Fsp3) is 0.182. The summed E-state index contributed by atoms with van der Waals surface area (Å²) in [7, 11) is 0. The third-order valence-corrected chi connectivity index (χ3v) is 3.40. The number of hydrogen-bond acceptors (Lipinski definition) is 2. The van der Waals surface area contributed by atoms with Gasteiger partial charge in [0.05, 0.1) is 5.69 Å². The molecule has 0 amide bonds. The van der Waals surface area contributed by atoms with E-state index < -0.39 is 0 Å². The van der Waals surface area contributed by atoms with E-state index in [4.69, 9.17) is 4.74 Å². The lowest BCUT2D eigenvalue weighted by Crippen LogP contribution is -1.97. The summed E-state index contributed by atoms with van der Waals surface area (Å²) in [4.78, 5) is 0. The summed E-state index contributed by atoms with van der Waals surface area (Å²) in [6.45, 7) is 6.09. The normalized spacial score (nSPS) is 13.0. The molecule has 0 fully saturated rings. The molecule has 1 N–H and O–H groups in total. The summed E-state index contributed by atoms with van der Waals surface area (Å²) in [6, 6.07) is 18.1. The second kappa shape index (κ2) is 9.41. The third kappa shape index (κ3) is 5.17. The summed E-state index contributed by atoms with van der Waals surface area (Å²) in [5.74, 6) is 1.67. The van der Waals surface area contributed by atoms with Crippen molar-refractivity contribution in [3.05, 3.63) is 90.2 Å². The second-order valence-electron chi connectivity index (χ2n) is 5.22. The minimum Gasteiger partial charge on any atom is -0.455 e. The molecule has 0 radical (unpaired) electrons. The first-order valence-corrected chi connectivity index (χ1v) is 8.45. The molecular weight excluding hydrogens is 294 g/mol. The summed E-state index contributed by atoms with van der Waals surface area (Å²) < 4.78 is 6.08. The molecular formula is C22H25NO. The molecule has 0 bridgehead atoms. The standard InChI is InChI=1S/C20H19NO.C2H6/c1-16-9-5-6-12-18(15-16)22-20-14-8-7-13-19(20)21-17-10-3-2-4-11-17;1-2/h2-4,6-15,21H,5H2,1H3;1-2H3. The van der Waals surface area contributed by atoms with Crippen LogP contribution < -0.4 is 10.1 Å². The molecule has 0 aromatic heterocycles. The molecule has 0 saturated carbocycles. The largest absolute Gasteiger partial charge is 0.455 e. The fourth-order valence-electron chi connectivity index (χ4n) is 2.30. The SMILES string of the molecule is CC.CC1=CCC=CC(Oc2ccccc2Nc2ccccc2)=C1. The Morgan fingerprint density at radius 3 is 2.42 bits per heavy atom. The van der Waals surface area contributed by atoms with Crippen LogP contribution in [0, 0.1) is 0 Å². The molecule has 0 unspecified atom stereocenters. The number of hydrogen-bond donors (Lipinski definition) is 1. The van der Waals surface area contributed by atoms with E-state index in [1.54, 1.807) is 0 Å². The molecule has 0 heterocycles. The minimum absolute atomic E-state index is 0.817. The Balaban J connectivity index is 0.00000100. The highest BCUT2D eigenvalue weighted by Gasteiger charge is 2.06.